The summed E-state index contributed by atoms with van der Waals surface area (Å²) in [5.41, 5.74) is 1.73. The minimum absolute atomic E-state index is 0.0775. The number of nitrogens with zero attached hydrogens (tertiary/aromatic N) is 2. The fourth-order valence-electron chi connectivity index (χ4n) is 4.12. The Morgan fingerprint density at radius 1 is 0.875 bits per heavy atom. The fraction of sp³-hybridized carbons (Fsp3) is 0.355. The van der Waals surface area contributed by atoms with Gasteiger partial charge in [0.15, 0.2) is 0 Å². The Kier molecular flexibility index (Phi) is 10.2. The van der Waals surface area contributed by atoms with Gasteiger partial charge in [-0.15, -0.1) is 0 Å². The monoisotopic (exact) mass is 627 g/mol. The summed E-state index contributed by atoms with van der Waals surface area (Å²) in [4.78, 5) is 28.7. The van der Waals surface area contributed by atoms with Crippen molar-refractivity contribution in [2.24, 2.45) is 0 Å². The maximum absolute atomic E-state index is 14.0. The highest BCUT2D eigenvalue weighted by molar-refractivity contribution is 9.10. The van der Waals surface area contributed by atoms with Crippen LogP contribution in [0.3, 0.4) is 0 Å². The van der Waals surface area contributed by atoms with Gasteiger partial charge in [0.2, 0.25) is 11.8 Å². The van der Waals surface area contributed by atoms with Crippen molar-refractivity contribution in [1.82, 2.24) is 10.2 Å². The molecule has 0 fully saturated rings. The van der Waals surface area contributed by atoms with Gasteiger partial charge in [0, 0.05) is 16.6 Å². The number of carbonyl (C=O) groups is 2. The number of sulfonamides is 1. The molecule has 9 heteroatoms. The van der Waals surface area contributed by atoms with Crippen molar-refractivity contribution in [3.63, 3.8) is 0 Å². The number of rotatable bonds is 10. The molecule has 0 aromatic heterocycles. The zero-order valence-corrected chi connectivity index (χ0v) is 26.3. The van der Waals surface area contributed by atoms with Crippen LogP contribution in [0.15, 0.2) is 88.2 Å². The molecule has 7 nitrogen and oxygen atoms in total. The second-order valence-electron chi connectivity index (χ2n) is 11.1. The first-order chi connectivity index (χ1) is 18.7. The van der Waals surface area contributed by atoms with Crippen LogP contribution in [0.1, 0.15) is 58.6 Å². The predicted molar refractivity (Wildman–Crippen MR) is 164 cm³/mol. The predicted octanol–water partition coefficient (Wildman–Crippen LogP) is 6.10. The number of hydrogen-bond acceptors (Lipinski definition) is 4. The summed E-state index contributed by atoms with van der Waals surface area (Å²) in [5.74, 6) is -0.554. The molecule has 0 heterocycles. The van der Waals surface area contributed by atoms with E-state index in [1.54, 1.807) is 37.3 Å². The van der Waals surface area contributed by atoms with Crippen LogP contribution in [0.2, 0.25) is 0 Å². The zero-order valence-electron chi connectivity index (χ0n) is 23.9. The number of anilines is 1. The maximum atomic E-state index is 14.0. The third-order valence-corrected chi connectivity index (χ3v) is 8.71. The lowest BCUT2D eigenvalue weighted by molar-refractivity contribution is -0.140. The van der Waals surface area contributed by atoms with E-state index in [9.17, 15) is 18.0 Å². The highest BCUT2D eigenvalue weighted by atomic mass is 79.9. The maximum Gasteiger partial charge on any atom is 0.264 e. The van der Waals surface area contributed by atoms with E-state index in [4.69, 9.17) is 0 Å². The van der Waals surface area contributed by atoms with Gasteiger partial charge in [-0.05, 0) is 81.1 Å². The second kappa shape index (κ2) is 13.0. The summed E-state index contributed by atoms with van der Waals surface area (Å²) in [7, 11) is -4.09. The molecule has 0 bridgehead atoms. The summed E-state index contributed by atoms with van der Waals surface area (Å²) in [5, 5.41) is 2.93. The van der Waals surface area contributed by atoms with Crippen LogP contribution in [0.4, 0.5) is 5.69 Å². The van der Waals surface area contributed by atoms with Crippen LogP contribution in [0.5, 0.6) is 0 Å². The zero-order chi connectivity index (χ0) is 29.7. The molecular weight excluding hydrogens is 590 g/mol. The highest BCUT2D eigenvalue weighted by Crippen LogP contribution is 2.27. The lowest BCUT2D eigenvalue weighted by Crippen LogP contribution is -2.54. The number of carbonyl (C=O) groups excluding carboxylic acids is 2. The molecule has 0 spiro atoms. The molecule has 0 aliphatic carbocycles. The molecule has 0 saturated heterocycles. The Labute approximate surface area is 246 Å². The third-order valence-electron chi connectivity index (χ3n) is 6.39. The van der Waals surface area contributed by atoms with Crippen LogP contribution in [-0.2, 0) is 26.2 Å². The van der Waals surface area contributed by atoms with E-state index in [-0.39, 0.29) is 23.3 Å². The van der Waals surface area contributed by atoms with Gasteiger partial charge in [0.05, 0.1) is 10.6 Å². The smallest absolute Gasteiger partial charge is 0.264 e. The molecule has 0 aliphatic heterocycles. The molecule has 0 aliphatic rings. The first-order valence-electron chi connectivity index (χ1n) is 13.2. The standard InChI is InChI=1S/C31H38BrN3O4S/c1-22(2)25-14-18-27(19-15-25)35(40(38,39)28-10-8-7-9-11-28)21-29(36)34(20-24-12-16-26(32)17-13-24)23(3)30(37)33-31(4,5)6/h7-19,22-23H,20-21H2,1-6H3,(H,33,37)/t23-/m1/s1. The Hall–Kier alpha value is -3.17. The number of halogens is 1. The Balaban J connectivity index is 2.03. The van der Waals surface area contributed by atoms with Gasteiger partial charge in [0.1, 0.15) is 12.6 Å². The van der Waals surface area contributed by atoms with Crippen LogP contribution in [0.25, 0.3) is 0 Å². The van der Waals surface area contributed by atoms with Crippen molar-refractivity contribution in [2.45, 2.75) is 70.5 Å². The largest absolute Gasteiger partial charge is 0.350 e. The van der Waals surface area contributed by atoms with Gasteiger partial charge >= 0.3 is 0 Å². The summed E-state index contributed by atoms with van der Waals surface area (Å²) in [6.45, 7) is 11.0. The van der Waals surface area contributed by atoms with E-state index >= 15 is 0 Å². The molecule has 0 saturated carbocycles. The van der Waals surface area contributed by atoms with Gasteiger partial charge < -0.3 is 10.2 Å². The Morgan fingerprint density at radius 2 is 1.45 bits per heavy atom. The van der Waals surface area contributed by atoms with Crippen molar-refractivity contribution >= 4 is 43.5 Å². The number of nitrogens with one attached hydrogen (secondary N) is 1. The van der Waals surface area contributed by atoms with E-state index in [1.165, 1.54) is 17.0 Å². The molecule has 3 aromatic carbocycles. The lowest BCUT2D eigenvalue weighted by Gasteiger charge is -2.33. The Morgan fingerprint density at radius 3 is 1.98 bits per heavy atom. The first-order valence-corrected chi connectivity index (χ1v) is 15.5. The van der Waals surface area contributed by atoms with Crippen molar-refractivity contribution in [2.75, 3.05) is 10.8 Å². The molecule has 0 unspecified atom stereocenters. The first kappa shape index (κ1) is 31.4. The molecule has 2 amide bonds. The molecule has 40 heavy (non-hydrogen) atoms. The summed E-state index contributed by atoms with van der Waals surface area (Å²) in [6, 6.07) is 21.8. The third kappa shape index (κ3) is 8.17. The topological polar surface area (TPSA) is 86.8 Å². The molecule has 214 valence electrons. The van der Waals surface area contributed by atoms with Crippen molar-refractivity contribution in [1.29, 1.82) is 0 Å². The van der Waals surface area contributed by atoms with Gasteiger partial charge in [0.25, 0.3) is 10.0 Å². The van der Waals surface area contributed by atoms with Crippen molar-refractivity contribution in [3.8, 4) is 0 Å². The van der Waals surface area contributed by atoms with E-state index in [1.807, 2.05) is 57.2 Å². The van der Waals surface area contributed by atoms with E-state index < -0.39 is 34.1 Å². The van der Waals surface area contributed by atoms with Crippen LogP contribution >= 0.6 is 15.9 Å². The highest BCUT2D eigenvalue weighted by Gasteiger charge is 2.33. The van der Waals surface area contributed by atoms with Gasteiger partial charge in [-0.2, -0.15) is 0 Å². The Bertz CT molecular complexity index is 1400. The van der Waals surface area contributed by atoms with E-state index in [2.05, 4.69) is 35.1 Å². The van der Waals surface area contributed by atoms with Crippen molar-refractivity contribution in [3.05, 3.63) is 94.5 Å². The lowest BCUT2D eigenvalue weighted by atomic mass is 10.0. The van der Waals surface area contributed by atoms with Gasteiger partial charge in [-0.3, -0.25) is 13.9 Å². The van der Waals surface area contributed by atoms with Gasteiger partial charge in [-0.1, -0.05) is 72.2 Å². The average Bonchev–Trinajstić information content (AvgIpc) is 2.90. The van der Waals surface area contributed by atoms with E-state index in [0.717, 1.165) is 19.9 Å². The molecule has 3 rings (SSSR count). The molecule has 0 radical (unpaired) electrons. The summed E-state index contributed by atoms with van der Waals surface area (Å²) in [6.07, 6.45) is 0. The molecule has 3 aromatic rings. The van der Waals surface area contributed by atoms with Crippen LogP contribution < -0.4 is 9.62 Å². The van der Waals surface area contributed by atoms with Gasteiger partial charge in [-0.25, -0.2) is 8.42 Å². The second-order valence-corrected chi connectivity index (χ2v) is 13.9. The fourth-order valence-corrected chi connectivity index (χ4v) is 5.82. The average molecular weight is 629 g/mol. The molecule has 1 atom stereocenters. The molecule has 1 N–H and O–H groups in total. The minimum Gasteiger partial charge on any atom is -0.350 e. The number of benzene rings is 3. The number of hydrogen-bond donors (Lipinski definition) is 1. The summed E-state index contributed by atoms with van der Waals surface area (Å²) >= 11 is 3.42. The summed E-state index contributed by atoms with van der Waals surface area (Å²) < 4.78 is 29.7. The van der Waals surface area contributed by atoms with E-state index in [0.29, 0.717) is 5.69 Å². The normalized spacial score (nSPS) is 12.6. The number of amides is 2. The van der Waals surface area contributed by atoms with Crippen molar-refractivity contribution < 1.29 is 18.0 Å². The van der Waals surface area contributed by atoms with Crippen LogP contribution in [0, 0.1) is 0 Å². The minimum atomic E-state index is -4.09. The molecular formula is C31H38BrN3O4S. The quantitative estimate of drug-likeness (QED) is 0.294. The van der Waals surface area contributed by atoms with Crippen LogP contribution in [-0.4, -0.2) is 43.3 Å². The SMILES string of the molecule is CC(C)c1ccc(N(CC(=O)N(Cc2ccc(Br)cc2)[C@H](C)C(=O)NC(C)(C)C)S(=O)(=O)c2ccccc2)cc1.